The second-order valence-corrected chi connectivity index (χ2v) is 5.94. The van der Waals surface area contributed by atoms with Crippen molar-refractivity contribution in [2.24, 2.45) is 0 Å². The van der Waals surface area contributed by atoms with E-state index in [1.165, 1.54) is 4.68 Å². The molecule has 7 heteroatoms. The van der Waals surface area contributed by atoms with Crippen molar-refractivity contribution in [3.63, 3.8) is 0 Å². The third-order valence-corrected chi connectivity index (χ3v) is 4.40. The number of nitrogens with one attached hydrogen (secondary N) is 1. The van der Waals surface area contributed by atoms with Crippen molar-refractivity contribution in [3.05, 3.63) is 49.8 Å². The molecule has 0 radical (unpaired) electrons. The molecule has 2 aromatic heterocycles. The van der Waals surface area contributed by atoms with Crippen molar-refractivity contribution >= 4 is 33.0 Å². The number of aryl methyl sites for hydroxylation is 1. The Bertz CT molecular complexity index is 665. The molecule has 2 rings (SSSR count). The lowest BCUT2D eigenvalue weighted by atomic mass is 10.4. The Labute approximate surface area is 129 Å². The first-order chi connectivity index (χ1) is 9.61. The van der Waals surface area contributed by atoms with Gasteiger partial charge in [-0.15, -0.1) is 17.9 Å². The highest BCUT2D eigenvalue weighted by Gasteiger charge is 2.08. The summed E-state index contributed by atoms with van der Waals surface area (Å²) in [5.41, 5.74) is 1.57. The highest BCUT2D eigenvalue weighted by Crippen LogP contribution is 2.16. The van der Waals surface area contributed by atoms with Gasteiger partial charge in [-0.05, 0) is 22.9 Å². The lowest BCUT2D eigenvalue weighted by Gasteiger charge is -2.08. The van der Waals surface area contributed by atoms with E-state index in [9.17, 15) is 4.79 Å². The van der Waals surface area contributed by atoms with E-state index in [4.69, 9.17) is 0 Å². The molecule has 0 aromatic carbocycles. The van der Waals surface area contributed by atoms with E-state index in [0.29, 0.717) is 23.2 Å². The molecule has 0 aliphatic heterocycles. The van der Waals surface area contributed by atoms with Crippen molar-refractivity contribution in [2.75, 3.05) is 11.9 Å². The summed E-state index contributed by atoms with van der Waals surface area (Å²) in [6.07, 6.45) is 4.10. The summed E-state index contributed by atoms with van der Waals surface area (Å²) in [5, 5.41) is 10.4. The first kappa shape index (κ1) is 14.9. The molecule has 1 N–H and O–H groups in total. The summed E-state index contributed by atoms with van der Waals surface area (Å²) in [6.45, 7) is 6.68. The van der Waals surface area contributed by atoms with Gasteiger partial charge in [-0.2, -0.15) is 5.10 Å². The van der Waals surface area contributed by atoms with Crippen LogP contribution in [0.4, 0.5) is 5.69 Å². The predicted octanol–water partition coefficient (Wildman–Crippen LogP) is 2.61. The summed E-state index contributed by atoms with van der Waals surface area (Å²) in [6, 6.07) is 0. The Morgan fingerprint density at radius 3 is 3.05 bits per heavy atom. The third-order valence-electron chi connectivity index (χ3n) is 2.61. The van der Waals surface area contributed by atoms with Crippen molar-refractivity contribution in [3.8, 4) is 0 Å². The minimum absolute atomic E-state index is 0.167. The van der Waals surface area contributed by atoms with Crippen molar-refractivity contribution < 1.29 is 0 Å². The number of rotatable bonds is 6. The van der Waals surface area contributed by atoms with Crippen LogP contribution in [0.1, 0.15) is 10.7 Å². The fourth-order valence-electron chi connectivity index (χ4n) is 1.66. The quantitative estimate of drug-likeness (QED) is 0.810. The lowest BCUT2D eigenvalue weighted by Crippen LogP contribution is -2.24. The molecule has 5 nitrogen and oxygen atoms in total. The Morgan fingerprint density at radius 1 is 1.60 bits per heavy atom. The molecule has 2 heterocycles. The van der Waals surface area contributed by atoms with Crippen LogP contribution in [-0.4, -0.2) is 21.3 Å². The maximum absolute atomic E-state index is 12.0. The van der Waals surface area contributed by atoms with Gasteiger partial charge in [0.25, 0.3) is 5.56 Å². The fourth-order valence-corrected chi connectivity index (χ4v) is 2.89. The Balaban J connectivity index is 2.01. The van der Waals surface area contributed by atoms with Crippen LogP contribution in [0.5, 0.6) is 0 Å². The minimum Gasteiger partial charge on any atom is -0.382 e. The van der Waals surface area contributed by atoms with Crippen molar-refractivity contribution in [2.45, 2.75) is 19.9 Å². The van der Waals surface area contributed by atoms with Crippen LogP contribution >= 0.6 is 27.3 Å². The van der Waals surface area contributed by atoms with Gasteiger partial charge in [-0.1, -0.05) is 6.08 Å². The van der Waals surface area contributed by atoms with Gasteiger partial charge in [-0.25, -0.2) is 9.67 Å². The van der Waals surface area contributed by atoms with Crippen LogP contribution in [0.3, 0.4) is 0 Å². The molecule has 0 fully saturated rings. The van der Waals surface area contributed by atoms with E-state index in [1.54, 1.807) is 23.6 Å². The van der Waals surface area contributed by atoms with Gasteiger partial charge in [0, 0.05) is 24.0 Å². The maximum atomic E-state index is 12.0. The fraction of sp³-hybridized carbons (Fsp3) is 0.308. The van der Waals surface area contributed by atoms with Crippen LogP contribution in [-0.2, 0) is 13.0 Å². The molecular formula is C13H15BrN4OS. The molecule has 20 heavy (non-hydrogen) atoms. The van der Waals surface area contributed by atoms with E-state index in [1.807, 2.05) is 12.3 Å². The average Bonchev–Trinajstić information content (AvgIpc) is 2.84. The molecule has 0 saturated carbocycles. The normalized spacial score (nSPS) is 10.5. The number of hydrogen-bond donors (Lipinski definition) is 1. The zero-order valence-electron chi connectivity index (χ0n) is 11.1. The van der Waals surface area contributed by atoms with Gasteiger partial charge < -0.3 is 5.32 Å². The predicted molar refractivity (Wildman–Crippen MR) is 85.4 cm³/mol. The number of anilines is 1. The van der Waals surface area contributed by atoms with Crippen LogP contribution in [0.25, 0.3) is 0 Å². The zero-order chi connectivity index (χ0) is 14.5. The summed E-state index contributed by atoms with van der Waals surface area (Å²) in [5.74, 6) is 0. The van der Waals surface area contributed by atoms with Crippen molar-refractivity contribution in [1.29, 1.82) is 0 Å². The maximum Gasteiger partial charge on any atom is 0.283 e. The van der Waals surface area contributed by atoms with E-state index >= 15 is 0 Å². The second kappa shape index (κ2) is 6.81. The molecular weight excluding hydrogens is 340 g/mol. The molecule has 0 aliphatic rings. The SMILES string of the molecule is C=CCn1ncc(NCCc2nc(C)cs2)c(Br)c1=O. The molecule has 106 valence electrons. The van der Waals surface area contributed by atoms with Crippen molar-refractivity contribution in [1.82, 2.24) is 14.8 Å². The lowest BCUT2D eigenvalue weighted by molar-refractivity contribution is 0.649. The van der Waals surface area contributed by atoms with Gasteiger partial charge in [0.2, 0.25) is 0 Å². The number of thiazole rings is 1. The van der Waals surface area contributed by atoms with Crippen LogP contribution < -0.4 is 10.9 Å². The second-order valence-electron chi connectivity index (χ2n) is 4.21. The largest absolute Gasteiger partial charge is 0.382 e. The van der Waals surface area contributed by atoms with E-state index in [0.717, 1.165) is 17.1 Å². The van der Waals surface area contributed by atoms with Gasteiger partial charge in [0.05, 0.1) is 23.4 Å². The van der Waals surface area contributed by atoms with Crippen LogP contribution in [0, 0.1) is 6.92 Å². The summed E-state index contributed by atoms with van der Waals surface area (Å²) < 4.78 is 1.84. The topological polar surface area (TPSA) is 59.8 Å². The number of nitrogens with zero attached hydrogens (tertiary/aromatic N) is 3. The summed E-state index contributed by atoms with van der Waals surface area (Å²) in [7, 11) is 0. The summed E-state index contributed by atoms with van der Waals surface area (Å²) >= 11 is 4.95. The van der Waals surface area contributed by atoms with Gasteiger partial charge in [-0.3, -0.25) is 4.79 Å². The minimum atomic E-state index is -0.167. The Morgan fingerprint density at radius 2 is 2.40 bits per heavy atom. The average molecular weight is 355 g/mol. The van der Waals surface area contributed by atoms with E-state index < -0.39 is 0 Å². The molecule has 0 atom stereocenters. The van der Waals surface area contributed by atoms with Crippen LogP contribution in [0.15, 0.2) is 33.5 Å². The third kappa shape index (κ3) is 3.55. The van der Waals surface area contributed by atoms with E-state index in [-0.39, 0.29) is 5.56 Å². The smallest absolute Gasteiger partial charge is 0.283 e. The zero-order valence-corrected chi connectivity index (χ0v) is 13.5. The monoisotopic (exact) mass is 354 g/mol. The molecule has 2 aromatic rings. The molecule has 0 spiro atoms. The first-order valence-electron chi connectivity index (χ1n) is 6.13. The standard InChI is InChI=1S/C13H15BrN4OS/c1-3-6-18-13(19)12(14)10(7-16-18)15-5-4-11-17-9(2)8-20-11/h3,7-8,15H,1,4-6H2,2H3. The van der Waals surface area contributed by atoms with Gasteiger partial charge in [0.15, 0.2) is 0 Å². The van der Waals surface area contributed by atoms with Crippen LogP contribution in [0.2, 0.25) is 0 Å². The Hall–Kier alpha value is -1.47. The molecule has 0 amide bonds. The van der Waals surface area contributed by atoms with Gasteiger partial charge in [0.1, 0.15) is 4.47 Å². The molecule has 0 saturated heterocycles. The Kier molecular flexibility index (Phi) is 5.08. The van der Waals surface area contributed by atoms with Gasteiger partial charge >= 0.3 is 0 Å². The number of hydrogen-bond acceptors (Lipinski definition) is 5. The highest BCUT2D eigenvalue weighted by atomic mass is 79.9. The van der Waals surface area contributed by atoms with E-state index in [2.05, 4.69) is 37.9 Å². The molecule has 0 bridgehead atoms. The molecule has 0 unspecified atom stereocenters. The number of halogens is 1. The summed E-state index contributed by atoms with van der Waals surface area (Å²) in [4.78, 5) is 16.4. The number of aromatic nitrogens is 3. The number of allylic oxidation sites excluding steroid dienone is 1. The first-order valence-corrected chi connectivity index (χ1v) is 7.80. The highest BCUT2D eigenvalue weighted by molar-refractivity contribution is 9.10. The molecule has 0 aliphatic carbocycles.